The van der Waals surface area contributed by atoms with Crippen molar-refractivity contribution in [3.63, 3.8) is 0 Å². The first-order chi connectivity index (χ1) is 13.7. The lowest BCUT2D eigenvalue weighted by Crippen LogP contribution is -2.15. The molecule has 0 unspecified atom stereocenters. The van der Waals surface area contributed by atoms with E-state index in [-0.39, 0.29) is 11.0 Å². The van der Waals surface area contributed by atoms with Crippen molar-refractivity contribution in [3.05, 3.63) is 35.4 Å². The Morgan fingerprint density at radius 2 is 0.933 bits per heavy atom. The van der Waals surface area contributed by atoms with Crippen LogP contribution in [0.3, 0.4) is 0 Å². The molecule has 0 saturated carbocycles. The van der Waals surface area contributed by atoms with Crippen molar-refractivity contribution >= 4 is 11.9 Å². The highest BCUT2D eigenvalue weighted by molar-refractivity contribution is 6.03. The van der Waals surface area contributed by atoms with Crippen molar-refractivity contribution in [2.45, 2.75) is 90.9 Å². The van der Waals surface area contributed by atoms with Crippen LogP contribution in [0.2, 0.25) is 0 Å². The summed E-state index contributed by atoms with van der Waals surface area (Å²) in [5, 5.41) is 0. The number of benzene rings is 1. The summed E-state index contributed by atoms with van der Waals surface area (Å²) in [6.07, 6.45) is 13.6. The number of rotatable bonds is 16. The molecule has 0 spiro atoms. The second kappa shape index (κ2) is 20.4. The Kier molecular flexibility index (Phi) is 20.5. The summed E-state index contributed by atoms with van der Waals surface area (Å²) in [5.41, 5.74) is 0.586. The summed E-state index contributed by atoms with van der Waals surface area (Å²) in [5.74, 6) is -0.888. The summed E-state index contributed by atoms with van der Waals surface area (Å²) in [4.78, 5) is 24.7. The molecule has 0 aliphatic heterocycles. The molecule has 1 aromatic rings. The molecule has 0 heterocycles. The van der Waals surface area contributed by atoms with E-state index in [9.17, 15) is 9.59 Å². The van der Waals surface area contributed by atoms with Gasteiger partial charge in [0.15, 0.2) is 0 Å². The minimum absolute atomic E-state index is 0. The fourth-order valence-electron chi connectivity index (χ4n) is 3.09. The van der Waals surface area contributed by atoms with Gasteiger partial charge in [-0.25, -0.2) is 9.59 Å². The number of esters is 2. The van der Waals surface area contributed by atoms with Crippen molar-refractivity contribution in [2.75, 3.05) is 13.2 Å². The zero-order valence-electron chi connectivity index (χ0n) is 18.8. The number of carbonyl (C=O) groups is 2. The molecule has 0 saturated heterocycles. The predicted octanol–water partition coefficient (Wildman–Crippen LogP) is 5.07. The van der Waals surface area contributed by atoms with Crippen molar-refractivity contribution in [2.24, 2.45) is 0 Å². The summed E-state index contributed by atoms with van der Waals surface area (Å²) in [7, 11) is 0. The first kappa shape index (κ1) is 30.3. The van der Waals surface area contributed by atoms with Gasteiger partial charge >= 0.3 is 11.9 Å². The van der Waals surface area contributed by atoms with Gasteiger partial charge in [-0.2, -0.15) is 0 Å². The average molecular weight is 427 g/mol. The first-order valence-corrected chi connectivity index (χ1v) is 11.1. The molecule has 1 rings (SSSR count). The summed E-state index contributed by atoms with van der Waals surface area (Å²) in [6.45, 7) is 5.17. The lowest BCUT2D eigenvalue weighted by atomic mass is 10.1. The van der Waals surface area contributed by atoms with Crippen LogP contribution in [0.4, 0.5) is 0 Å². The molecule has 4 N–H and O–H groups in total. The molecule has 0 aliphatic rings. The minimum Gasteiger partial charge on any atom is -0.462 e. The molecular weight excluding hydrogens is 384 g/mol. The van der Waals surface area contributed by atoms with Crippen LogP contribution in [0.1, 0.15) is 112 Å². The zero-order chi connectivity index (χ0) is 20.5. The Morgan fingerprint density at radius 1 is 0.600 bits per heavy atom. The van der Waals surface area contributed by atoms with Gasteiger partial charge in [-0.05, 0) is 25.0 Å². The van der Waals surface area contributed by atoms with Crippen molar-refractivity contribution in [3.8, 4) is 0 Å². The Hall–Kier alpha value is -1.92. The van der Waals surface area contributed by atoms with Gasteiger partial charge in [0, 0.05) is 0 Å². The highest BCUT2D eigenvalue weighted by Crippen LogP contribution is 2.14. The lowest BCUT2D eigenvalue weighted by Gasteiger charge is -2.10. The van der Waals surface area contributed by atoms with Crippen molar-refractivity contribution in [1.82, 2.24) is 0 Å². The molecule has 1 aromatic carbocycles. The zero-order valence-corrected chi connectivity index (χ0v) is 18.8. The number of carbonyl (C=O) groups excluding carboxylic acids is 2. The SMILES string of the molecule is CCCCCCCCOC(=O)c1ccccc1C(=O)OCCCCCCCC.O.O. The lowest BCUT2D eigenvalue weighted by molar-refractivity contribution is 0.0450. The number of hydrogen-bond donors (Lipinski definition) is 0. The number of ether oxygens (including phenoxy) is 2. The Bertz CT molecular complexity index is 509. The van der Waals surface area contributed by atoms with Crippen molar-refractivity contribution in [1.29, 1.82) is 0 Å². The third-order valence-corrected chi connectivity index (χ3v) is 4.83. The van der Waals surface area contributed by atoms with Crippen LogP contribution in [-0.2, 0) is 9.47 Å². The average Bonchev–Trinajstić information content (AvgIpc) is 2.72. The fourth-order valence-corrected chi connectivity index (χ4v) is 3.09. The number of unbranched alkanes of at least 4 members (excludes halogenated alkanes) is 10. The summed E-state index contributed by atoms with van der Waals surface area (Å²) in [6, 6.07) is 6.74. The monoisotopic (exact) mass is 426 g/mol. The van der Waals surface area contributed by atoms with Crippen LogP contribution in [0, 0.1) is 0 Å². The molecule has 6 heteroatoms. The Balaban J connectivity index is 0. The fraction of sp³-hybridized carbons (Fsp3) is 0.667. The summed E-state index contributed by atoms with van der Waals surface area (Å²) < 4.78 is 10.7. The van der Waals surface area contributed by atoms with E-state index in [1.807, 2.05) is 0 Å². The molecule has 0 amide bonds. The van der Waals surface area contributed by atoms with Crippen LogP contribution >= 0.6 is 0 Å². The third kappa shape index (κ3) is 13.3. The maximum Gasteiger partial charge on any atom is 0.339 e. The standard InChI is InChI=1S/C24H38O4.2H2O/c1-3-5-7-9-11-15-19-27-23(25)21-17-13-14-18-22(21)24(26)28-20-16-12-10-8-6-4-2;;/h13-14,17-18H,3-12,15-16,19-20H2,1-2H3;2*1H2. The molecule has 174 valence electrons. The van der Waals surface area contributed by atoms with E-state index in [0.29, 0.717) is 24.3 Å². The highest BCUT2D eigenvalue weighted by atomic mass is 16.5. The van der Waals surface area contributed by atoms with Gasteiger partial charge in [-0.15, -0.1) is 0 Å². The Labute approximate surface area is 182 Å². The highest BCUT2D eigenvalue weighted by Gasteiger charge is 2.18. The van der Waals surface area contributed by atoms with Crippen LogP contribution in [0.25, 0.3) is 0 Å². The molecule has 0 aliphatic carbocycles. The van der Waals surface area contributed by atoms with Crippen LogP contribution < -0.4 is 0 Å². The molecule has 0 radical (unpaired) electrons. The van der Waals surface area contributed by atoms with E-state index in [2.05, 4.69) is 13.8 Å². The van der Waals surface area contributed by atoms with Crippen LogP contribution in [0.15, 0.2) is 24.3 Å². The maximum absolute atomic E-state index is 12.4. The molecule has 30 heavy (non-hydrogen) atoms. The maximum atomic E-state index is 12.4. The van der Waals surface area contributed by atoms with Gasteiger partial charge in [0.25, 0.3) is 0 Å². The van der Waals surface area contributed by atoms with Crippen LogP contribution in [0.5, 0.6) is 0 Å². The van der Waals surface area contributed by atoms with Gasteiger partial charge in [0.1, 0.15) is 0 Å². The van der Waals surface area contributed by atoms with Crippen LogP contribution in [-0.4, -0.2) is 36.1 Å². The molecule has 0 atom stereocenters. The van der Waals surface area contributed by atoms with Gasteiger partial charge in [0.05, 0.1) is 24.3 Å². The largest absolute Gasteiger partial charge is 0.462 e. The molecule has 0 aromatic heterocycles. The predicted molar refractivity (Wildman–Crippen MR) is 121 cm³/mol. The molecular formula is C24H42O6. The summed E-state index contributed by atoms with van der Waals surface area (Å²) >= 11 is 0. The topological polar surface area (TPSA) is 116 Å². The van der Waals surface area contributed by atoms with E-state index in [0.717, 1.165) is 25.7 Å². The normalized spacial score (nSPS) is 9.93. The van der Waals surface area contributed by atoms with E-state index in [4.69, 9.17) is 9.47 Å². The smallest absolute Gasteiger partial charge is 0.339 e. The molecule has 0 bridgehead atoms. The third-order valence-electron chi connectivity index (χ3n) is 4.83. The Morgan fingerprint density at radius 3 is 1.30 bits per heavy atom. The van der Waals surface area contributed by atoms with Crippen molar-refractivity contribution < 1.29 is 30.0 Å². The van der Waals surface area contributed by atoms with Gasteiger partial charge in [-0.1, -0.05) is 90.2 Å². The molecule has 0 fully saturated rings. The number of hydrogen-bond acceptors (Lipinski definition) is 4. The van der Waals surface area contributed by atoms with Gasteiger partial charge in [-0.3, -0.25) is 0 Å². The minimum atomic E-state index is -0.444. The second-order valence-corrected chi connectivity index (χ2v) is 7.35. The second-order valence-electron chi connectivity index (χ2n) is 7.35. The van der Waals surface area contributed by atoms with E-state index >= 15 is 0 Å². The molecule has 6 nitrogen and oxygen atoms in total. The quantitative estimate of drug-likeness (QED) is 0.271. The van der Waals surface area contributed by atoms with E-state index < -0.39 is 11.9 Å². The van der Waals surface area contributed by atoms with E-state index in [1.54, 1.807) is 24.3 Å². The van der Waals surface area contributed by atoms with Gasteiger partial charge < -0.3 is 20.4 Å². The van der Waals surface area contributed by atoms with Gasteiger partial charge in [0.2, 0.25) is 0 Å². The first-order valence-electron chi connectivity index (χ1n) is 11.1. The van der Waals surface area contributed by atoms with E-state index in [1.165, 1.54) is 51.4 Å².